The smallest absolute Gasteiger partial charge is 0.223 e. The van der Waals surface area contributed by atoms with Crippen LogP contribution in [0.4, 0.5) is 5.82 Å². The number of allylic oxidation sites excluding steroid dienone is 4. The zero-order chi connectivity index (χ0) is 23.6. The van der Waals surface area contributed by atoms with Gasteiger partial charge in [0.2, 0.25) is 5.91 Å². The second kappa shape index (κ2) is 12.4. The Labute approximate surface area is 198 Å². The average Bonchev–Trinajstić information content (AvgIpc) is 3.17. The predicted octanol–water partition coefficient (Wildman–Crippen LogP) is 3.73. The first-order valence-electron chi connectivity index (χ1n) is 12.4. The van der Waals surface area contributed by atoms with E-state index in [1.165, 1.54) is 32.1 Å². The number of fused-ring (bicyclic) bond motifs is 1. The Morgan fingerprint density at radius 1 is 1.12 bits per heavy atom. The Morgan fingerprint density at radius 2 is 1.79 bits per heavy atom. The summed E-state index contributed by atoms with van der Waals surface area (Å²) in [7, 11) is 1.96. The number of imidazole rings is 1. The van der Waals surface area contributed by atoms with E-state index in [4.69, 9.17) is 10.7 Å². The third-order valence-corrected chi connectivity index (χ3v) is 6.63. The van der Waals surface area contributed by atoms with Gasteiger partial charge in [-0.15, -0.1) is 0 Å². The first-order chi connectivity index (χ1) is 16.0. The first-order valence-corrected chi connectivity index (χ1v) is 12.4. The summed E-state index contributed by atoms with van der Waals surface area (Å²) in [5.74, 6) is 0.806. The molecule has 0 spiro atoms. The summed E-state index contributed by atoms with van der Waals surface area (Å²) in [5, 5.41) is 3.18. The Bertz CT molecular complexity index is 1030. The number of nitrogens with one attached hydrogen (secondary N) is 1. The van der Waals surface area contributed by atoms with Gasteiger partial charge >= 0.3 is 0 Å². The molecular formula is C26H38BN5O. The van der Waals surface area contributed by atoms with Crippen LogP contribution in [0.1, 0.15) is 77.3 Å². The van der Waals surface area contributed by atoms with Crippen LogP contribution in [0.5, 0.6) is 0 Å². The number of nitrogens with zero attached hydrogens (tertiary/aromatic N) is 3. The topological polar surface area (TPSA) is 85.3 Å². The highest BCUT2D eigenvalue weighted by Crippen LogP contribution is 2.24. The largest absolute Gasteiger partial charge is 0.382 e. The average molecular weight is 447 g/mol. The Morgan fingerprint density at radius 3 is 2.42 bits per heavy atom. The monoisotopic (exact) mass is 447 g/mol. The highest BCUT2D eigenvalue weighted by Gasteiger charge is 2.18. The van der Waals surface area contributed by atoms with Crippen LogP contribution in [-0.2, 0) is 4.79 Å². The Kier molecular flexibility index (Phi) is 9.34. The Hall–Kier alpha value is -2.83. The summed E-state index contributed by atoms with van der Waals surface area (Å²) in [6, 6.07) is 0. The molecule has 0 atom stereocenters. The molecule has 1 fully saturated rings. The molecule has 0 bridgehead atoms. The molecule has 7 heteroatoms. The van der Waals surface area contributed by atoms with Gasteiger partial charge in [-0.05, 0) is 37.8 Å². The second-order valence-electron chi connectivity index (χ2n) is 8.95. The number of nitrogens with two attached hydrogens (primary N) is 1. The zero-order valence-corrected chi connectivity index (χ0v) is 20.4. The van der Waals surface area contributed by atoms with E-state index in [2.05, 4.69) is 16.4 Å². The fraction of sp³-hybridized carbons (Fsp3) is 0.500. The molecule has 0 unspecified atom stereocenters. The van der Waals surface area contributed by atoms with E-state index >= 15 is 0 Å². The lowest BCUT2D eigenvalue weighted by Gasteiger charge is -2.18. The van der Waals surface area contributed by atoms with Crippen LogP contribution >= 0.6 is 0 Å². The molecule has 33 heavy (non-hydrogen) atoms. The van der Waals surface area contributed by atoms with E-state index in [1.807, 2.05) is 50.5 Å². The lowest BCUT2D eigenvalue weighted by atomic mass is 9.91. The maximum Gasteiger partial charge on any atom is 0.223 e. The first kappa shape index (κ1) is 24.8. The molecule has 0 aliphatic heterocycles. The van der Waals surface area contributed by atoms with Gasteiger partial charge in [0.15, 0.2) is 7.85 Å². The van der Waals surface area contributed by atoms with E-state index in [0.717, 1.165) is 53.8 Å². The summed E-state index contributed by atoms with van der Waals surface area (Å²) < 4.78 is 1.96. The van der Waals surface area contributed by atoms with Crippen molar-refractivity contribution < 1.29 is 4.79 Å². The van der Waals surface area contributed by atoms with E-state index in [-0.39, 0.29) is 11.8 Å². The molecule has 1 aliphatic rings. The Balaban J connectivity index is 1.65. The van der Waals surface area contributed by atoms with Gasteiger partial charge in [0, 0.05) is 24.9 Å². The number of carbonyl (C=O) groups excluding carboxylic acids is 1. The maximum absolute atomic E-state index is 12.9. The number of hydrogen-bond acceptors (Lipinski definition) is 4. The van der Waals surface area contributed by atoms with Gasteiger partial charge in [0.05, 0.1) is 11.4 Å². The van der Waals surface area contributed by atoms with Gasteiger partial charge in [-0.3, -0.25) is 4.79 Å². The van der Waals surface area contributed by atoms with Crippen LogP contribution in [-0.4, -0.2) is 34.7 Å². The van der Waals surface area contributed by atoms with Crippen molar-refractivity contribution in [3.63, 3.8) is 0 Å². The van der Waals surface area contributed by atoms with Crippen molar-refractivity contribution in [2.24, 2.45) is 5.92 Å². The van der Waals surface area contributed by atoms with Gasteiger partial charge < -0.3 is 15.5 Å². The van der Waals surface area contributed by atoms with Gasteiger partial charge in [-0.2, -0.15) is 0 Å². The SMILES string of the molecule is Bc1nc(C(/C=C\C(=C/C)CNC(=O)C2CCCCCCCCC2)=C/C)c2c(N)nccn12. The number of aromatic nitrogens is 3. The van der Waals surface area contributed by atoms with E-state index in [0.29, 0.717) is 12.4 Å². The van der Waals surface area contributed by atoms with Gasteiger partial charge in [-0.1, -0.05) is 69.2 Å². The highest BCUT2D eigenvalue weighted by molar-refractivity contribution is 6.30. The molecule has 6 nitrogen and oxygen atoms in total. The van der Waals surface area contributed by atoms with E-state index in [9.17, 15) is 4.79 Å². The molecule has 1 saturated carbocycles. The maximum atomic E-state index is 12.9. The summed E-state index contributed by atoms with van der Waals surface area (Å²) in [4.78, 5) is 21.8. The van der Waals surface area contributed by atoms with Crippen LogP contribution in [0.2, 0.25) is 0 Å². The van der Waals surface area contributed by atoms with Crippen molar-refractivity contribution in [3.05, 3.63) is 48.0 Å². The van der Waals surface area contributed by atoms with E-state index in [1.54, 1.807) is 6.20 Å². The zero-order valence-electron chi connectivity index (χ0n) is 20.4. The number of amides is 1. The standard InChI is InChI=1S/C26H38BN5O/c1-3-19(18-30-25(33)21-12-10-8-6-5-7-9-11-13-21)14-15-20(4-2)22-23-24(28)29-16-17-32(23)26(27)31-22/h3-4,14-17,21H,5-13,18,27H2,1-2H3,(H2,28,29)(H,30,33)/b15-14-,19-3+,20-4+. The summed E-state index contributed by atoms with van der Waals surface area (Å²) >= 11 is 0. The minimum atomic E-state index is 0.145. The molecule has 2 aromatic rings. The number of nitrogen functional groups attached to an aromatic ring is 1. The van der Waals surface area contributed by atoms with Crippen LogP contribution in [0.15, 0.2) is 42.3 Å². The summed E-state index contributed by atoms with van der Waals surface area (Å²) in [6.45, 7) is 4.53. The molecule has 0 radical (unpaired) electrons. The van der Waals surface area contributed by atoms with Gasteiger partial charge in [-0.25, -0.2) is 9.97 Å². The number of rotatable bonds is 6. The van der Waals surface area contributed by atoms with Crippen LogP contribution in [0.25, 0.3) is 11.1 Å². The molecule has 3 N–H and O–H groups in total. The third kappa shape index (κ3) is 6.59. The molecular weight excluding hydrogens is 409 g/mol. The highest BCUT2D eigenvalue weighted by atomic mass is 16.1. The molecule has 176 valence electrons. The van der Waals surface area contributed by atoms with Crippen molar-refractivity contribution in [2.75, 3.05) is 12.3 Å². The molecule has 3 rings (SSSR count). The van der Waals surface area contributed by atoms with Crippen LogP contribution in [0.3, 0.4) is 0 Å². The lowest BCUT2D eigenvalue weighted by Crippen LogP contribution is -2.32. The minimum absolute atomic E-state index is 0.145. The summed E-state index contributed by atoms with van der Waals surface area (Å²) in [6.07, 6.45) is 22.5. The molecule has 0 saturated heterocycles. The fourth-order valence-corrected chi connectivity index (χ4v) is 4.59. The molecule has 1 aliphatic carbocycles. The van der Waals surface area contributed by atoms with Crippen molar-refractivity contribution in [2.45, 2.75) is 71.6 Å². The van der Waals surface area contributed by atoms with Crippen LogP contribution in [0, 0.1) is 5.92 Å². The predicted molar refractivity (Wildman–Crippen MR) is 140 cm³/mol. The fourth-order valence-electron chi connectivity index (χ4n) is 4.59. The van der Waals surface area contributed by atoms with Crippen LogP contribution < -0.4 is 16.8 Å². The molecule has 1 amide bonds. The van der Waals surface area contributed by atoms with Gasteiger partial charge in [0.25, 0.3) is 0 Å². The normalized spacial score (nSPS) is 17.5. The third-order valence-electron chi connectivity index (χ3n) is 6.63. The number of anilines is 1. The molecule has 0 aromatic carbocycles. The van der Waals surface area contributed by atoms with E-state index < -0.39 is 0 Å². The number of hydrogen-bond donors (Lipinski definition) is 2. The summed E-state index contributed by atoms with van der Waals surface area (Å²) in [5.41, 5.74) is 10.7. The van der Waals surface area contributed by atoms with Crippen molar-refractivity contribution >= 4 is 36.4 Å². The molecule has 2 aromatic heterocycles. The molecule has 2 heterocycles. The quantitative estimate of drug-likeness (QED) is 0.522. The minimum Gasteiger partial charge on any atom is -0.382 e. The second-order valence-corrected chi connectivity index (χ2v) is 8.95. The van der Waals surface area contributed by atoms with Crippen molar-refractivity contribution in [1.82, 2.24) is 19.7 Å². The number of carbonyl (C=O) groups is 1. The van der Waals surface area contributed by atoms with Crippen molar-refractivity contribution in [3.8, 4) is 0 Å². The lowest BCUT2D eigenvalue weighted by molar-refractivity contribution is -0.125. The van der Waals surface area contributed by atoms with Gasteiger partial charge in [0.1, 0.15) is 11.3 Å². The van der Waals surface area contributed by atoms with Crippen molar-refractivity contribution in [1.29, 1.82) is 0 Å².